The summed E-state index contributed by atoms with van der Waals surface area (Å²) >= 11 is 0. The molecule has 0 N–H and O–H groups in total. The first-order valence-corrected chi connectivity index (χ1v) is 7.67. The molecule has 0 aromatic carbocycles. The van der Waals surface area contributed by atoms with Crippen molar-refractivity contribution in [2.75, 3.05) is 39.6 Å². The minimum Gasteiger partial charge on any atom is -0.379 e. The van der Waals surface area contributed by atoms with Crippen molar-refractivity contribution in [3.8, 4) is 0 Å². The molecule has 122 valence electrons. The standard InChI is InChI=1S/C15H22N2O5/c1-3-19-8-12-7-15(10-21-12)9-20-5-4-17(15)14(18)13-6-11(2)22-16-13/h6,12H,3-5,7-10H2,1-2H3. The number of carbonyl (C=O) groups is 1. The molecular formula is C15H22N2O5. The van der Waals surface area contributed by atoms with E-state index in [2.05, 4.69) is 5.16 Å². The third-order valence-electron chi connectivity index (χ3n) is 4.20. The zero-order valence-corrected chi connectivity index (χ0v) is 13.0. The summed E-state index contributed by atoms with van der Waals surface area (Å²) in [5.41, 5.74) is -0.0868. The van der Waals surface area contributed by atoms with E-state index in [0.29, 0.717) is 51.0 Å². The van der Waals surface area contributed by atoms with E-state index in [1.54, 1.807) is 13.0 Å². The lowest BCUT2D eigenvalue weighted by atomic mass is 9.93. The highest BCUT2D eigenvalue weighted by Gasteiger charge is 2.49. The van der Waals surface area contributed by atoms with Gasteiger partial charge in [0.15, 0.2) is 5.69 Å². The van der Waals surface area contributed by atoms with Gasteiger partial charge in [-0.25, -0.2) is 0 Å². The van der Waals surface area contributed by atoms with Crippen LogP contribution < -0.4 is 0 Å². The largest absolute Gasteiger partial charge is 0.379 e. The SMILES string of the molecule is CCOCC1CC2(COCCN2C(=O)c2cc(C)on2)CO1. The second kappa shape index (κ2) is 6.36. The molecule has 7 heteroatoms. The number of morpholine rings is 1. The van der Waals surface area contributed by atoms with Crippen molar-refractivity contribution in [2.24, 2.45) is 0 Å². The molecule has 0 radical (unpaired) electrons. The van der Waals surface area contributed by atoms with Gasteiger partial charge in [-0.05, 0) is 13.8 Å². The Morgan fingerprint density at radius 1 is 1.55 bits per heavy atom. The lowest BCUT2D eigenvalue weighted by Crippen LogP contribution is -2.60. The van der Waals surface area contributed by atoms with Gasteiger partial charge in [-0.3, -0.25) is 4.79 Å². The summed E-state index contributed by atoms with van der Waals surface area (Å²) < 4.78 is 21.9. The van der Waals surface area contributed by atoms with Gasteiger partial charge in [0, 0.05) is 25.6 Å². The number of hydrogen-bond donors (Lipinski definition) is 0. The molecule has 2 aliphatic rings. The predicted molar refractivity (Wildman–Crippen MR) is 76.7 cm³/mol. The van der Waals surface area contributed by atoms with Crippen molar-refractivity contribution in [3.63, 3.8) is 0 Å². The maximum Gasteiger partial charge on any atom is 0.276 e. The highest BCUT2D eigenvalue weighted by atomic mass is 16.5. The van der Waals surface area contributed by atoms with E-state index >= 15 is 0 Å². The Morgan fingerprint density at radius 3 is 3.14 bits per heavy atom. The number of amides is 1. The van der Waals surface area contributed by atoms with Crippen LogP contribution in [-0.4, -0.2) is 67.2 Å². The summed E-state index contributed by atoms with van der Waals surface area (Å²) in [6, 6.07) is 1.67. The number of aromatic nitrogens is 1. The molecule has 2 unspecified atom stereocenters. The third-order valence-corrected chi connectivity index (χ3v) is 4.20. The zero-order valence-electron chi connectivity index (χ0n) is 13.0. The van der Waals surface area contributed by atoms with Gasteiger partial charge >= 0.3 is 0 Å². The van der Waals surface area contributed by atoms with E-state index in [1.807, 2.05) is 11.8 Å². The van der Waals surface area contributed by atoms with Crippen LogP contribution in [0.4, 0.5) is 0 Å². The fraction of sp³-hybridized carbons (Fsp3) is 0.733. The average molecular weight is 310 g/mol. The summed E-state index contributed by atoms with van der Waals surface area (Å²) in [5, 5.41) is 3.84. The van der Waals surface area contributed by atoms with Crippen molar-refractivity contribution in [2.45, 2.75) is 31.9 Å². The van der Waals surface area contributed by atoms with Crippen molar-refractivity contribution >= 4 is 5.91 Å². The second-order valence-electron chi connectivity index (χ2n) is 5.85. The Balaban J connectivity index is 1.75. The number of aryl methyl sites for hydroxylation is 1. The molecule has 0 bridgehead atoms. The Labute approximate surface area is 129 Å². The monoisotopic (exact) mass is 310 g/mol. The Bertz CT molecular complexity index is 532. The topological polar surface area (TPSA) is 74.0 Å². The number of hydrogen-bond acceptors (Lipinski definition) is 6. The molecule has 2 fully saturated rings. The van der Waals surface area contributed by atoms with Gasteiger partial charge < -0.3 is 23.6 Å². The molecule has 3 heterocycles. The van der Waals surface area contributed by atoms with Crippen LogP contribution in [0.15, 0.2) is 10.6 Å². The number of rotatable bonds is 4. The molecule has 2 aliphatic heterocycles. The van der Waals surface area contributed by atoms with Gasteiger partial charge in [0.25, 0.3) is 5.91 Å². The van der Waals surface area contributed by atoms with Crippen LogP contribution in [0, 0.1) is 6.92 Å². The first-order valence-electron chi connectivity index (χ1n) is 7.67. The zero-order chi connectivity index (χ0) is 15.6. The molecule has 3 rings (SSSR count). The second-order valence-corrected chi connectivity index (χ2v) is 5.85. The number of ether oxygens (including phenoxy) is 3. The first-order chi connectivity index (χ1) is 10.6. The highest BCUT2D eigenvalue weighted by Crippen LogP contribution is 2.34. The van der Waals surface area contributed by atoms with Crippen LogP contribution in [0.2, 0.25) is 0 Å². The molecule has 22 heavy (non-hydrogen) atoms. The van der Waals surface area contributed by atoms with Crippen molar-refractivity contribution < 1.29 is 23.5 Å². The quantitative estimate of drug-likeness (QED) is 0.826. The maximum atomic E-state index is 12.8. The van der Waals surface area contributed by atoms with Crippen LogP contribution in [0.3, 0.4) is 0 Å². The normalized spacial score (nSPS) is 28.5. The highest BCUT2D eigenvalue weighted by molar-refractivity contribution is 5.93. The van der Waals surface area contributed by atoms with Crippen LogP contribution in [0.25, 0.3) is 0 Å². The van der Waals surface area contributed by atoms with Crippen molar-refractivity contribution in [1.82, 2.24) is 10.1 Å². The van der Waals surface area contributed by atoms with Crippen LogP contribution in [0.1, 0.15) is 29.6 Å². The molecule has 7 nitrogen and oxygen atoms in total. The van der Waals surface area contributed by atoms with E-state index in [-0.39, 0.29) is 12.0 Å². The fourth-order valence-electron chi connectivity index (χ4n) is 3.12. The Hall–Kier alpha value is -1.44. The minimum atomic E-state index is -0.427. The lowest BCUT2D eigenvalue weighted by Gasteiger charge is -2.43. The third kappa shape index (κ3) is 2.88. The molecule has 0 aliphatic carbocycles. The summed E-state index contributed by atoms with van der Waals surface area (Å²) in [4.78, 5) is 14.6. The predicted octanol–water partition coefficient (Wildman–Crippen LogP) is 1.02. The lowest BCUT2D eigenvalue weighted by molar-refractivity contribution is -0.0562. The molecular weight excluding hydrogens is 288 g/mol. The van der Waals surface area contributed by atoms with Crippen molar-refractivity contribution in [3.05, 3.63) is 17.5 Å². The molecule has 1 spiro atoms. The van der Waals surface area contributed by atoms with Crippen LogP contribution >= 0.6 is 0 Å². The van der Waals surface area contributed by atoms with Gasteiger partial charge in [-0.2, -0.15) is 0 Å². The van der Waals surface area contributed by atoms with Gasteiger partial charge in [-0.1, -0.05) is 5.16 Å². The minimum absolute atomic E-state index is 0.00371. The van der Waals surface area contributed by atoms with Gasteiger partial charge in [-0.15, -0.1) is 0 Å². The molecule has 1 aromatic rings. The summed E-state index contributed by atoms with van der Waals surface area (Å²) in [7, 11) is 0. The molecule has 0 saturated carbocycles. The Morgan fingerprint density at radius 2 is 2.41 bits per heavy atom. The summed E-state index contributed by atoms with van der Waals surface area (Å²) in [5.74, 6) is 0.503. The van der Waals surface area contributed by atoms with E-state index in [1.165, 1.54) is 0 Å². The van der Waals surface area contributed by atoms with Gasteiger partial charge in [0.05, 0.1) is 38.1 Å². The molecule has 1 amide bonds. The smallest absolute Gasteiger partial charge is 0.276 e. The summed E-state index contributed by atoms with van der Waals surface area (Å²) in [6.45, 7) is 6.95. The van der Waals surface area contributed by atoms with E-state index in [4.69, 9.17) is 18.7 Å². The number of carbonyl (C=O) groups excluding carboxylic acids is 1. The summed E-state index contributed by atoms with van der Waals surface area (Å²) in [6.07, 6.45) is 0.714. The van der Waals surface area contributed by atoms with Crippen LogP contribution in [0.5, 0.6) is 0 Å². The van der Waals surface area contributed by atoms with E-state index in [9.17, 15) is 4.79 Å². The van der Waals surface area contributed by atoms with Gasteiger partial charge in [0.2, 0.25) is 0 Å². The van der Waals surface area contributed by atoms with E-state index < -0.39 is 5.54 Å². The van der Waals surface area contributed by atoms with Gasteiger partial charge in [0.1, 0.15) is 5.76 Å². The van der Waals surface area contributed by atoms with Crippen molar-refractivity contribution in [1.29, 1.82) is 0 Å². The van der Waals surface area contributed by atoms with E-state index in [0.717, 1.165) is 6.42 Å². The molecule has 1 aromatic heterocycles. The first kappa shape index (κ1) is 15.5. The Kier molecular flexibility index (Phi) is 4.46. The average Bonchev–Trinajstić information content (AvgIpc) is 3.12. The molecule has 2 atom stereocenters. The van der Waals surface area contributed by atoms with Crippen LogP contribution in [-0.2, 0) is 14.2 Å². The fourth-order valence-corrected chi connectivity index (χ4v) is 3.12. The molecule has 2 saturated heterocycles. The number of nitrogens with zero attached hydrogens (tertiary/aromatic N) is 2. The maximum absolute atomic E-state index is 12.8.